The third kappa shape index (κ3) is 6.00. The molecular formula is C39H33ClN2. The molecule has 1 aromatic heterocycles. The van der Waals surface area contributed by atoms with Crippen molar-refractivity contribution in [3.05, 3.63) is 155 Å². The molecule has 0 bridgehead atoms. The molecule has 6 rings (SSSR count). The van der Waals surface area contributed by atoms with Gasteiger partial charge in [0.15, 0.2) is 0 Å². The third-order valence-corrected chi connectivity index (χ3v) is 7.92. The zero-order valence-electron chi connectivity index (χ0n) is 24.2. The molecule has 42 heavy (non-hydrogen) atoms. The number of nitrogens with zero attached hydrogens (tertiary/aromatic N) is 2. The second-order valence-electron chi connectivity index (χ2n) is 10.7. The van der Waals surface area contributed by atoms with Crippen LogP contribution in [0.25, 0.3) is 33.6 Å². The van der Waals surface area contributed by atoms with Crippen LogP contribution in [0.15, 0.2) is 133 Å². The van der Waals surface area contributed by atoms with Crippen LogP contribution >= 0.6 is 11.6 Å². The first-order valence-electron chi connectivity index (χ1n) is 14.4. The van der Waals surface area contributed by atoms with E-state index in [1.165, 1.54) is 16.7 Å². The maximum absolute atomic E-state index is 6.20. The molecule has 0 amide bonds. The Hall–Kier alpha value is -4.66. The number of rotatable bonds is 7. The smallest absolute Gasteiger partial charge is 0.0715 e. The number of hydrogen-bond donors (Lipinski definition) is 0. The lowest BCUT2D eigenvalue weighted by Crippen LogP contribution is -2.09. The minimum Gasteiger partial charge on any atom is -0.311 e. The minimum atomic E-state index is 0.715. The number of aryl methyl sites for hydroxylation is 3. The van der Waals surface area contributed by atoms with E-state index in [1.54, 1.807) is 0 Å². The Balaban J connectivity index is 1.42. The first-order chi connectivity index (χ1) is 20.5. The highest BCUT2D eigenvalue weighted by molar-refractivity contribution is 6.30. The van der Waals surface area contributed by atoms with Gasteiger partial charge in [0.25, 0.3) is 0 Å². The van der Waals surface area contributed by atoms with Crippen LogP contribution in [0.1, 0.15) is 23.6 Å². The molecule has 0 aliphatic carbocycles. The van der Waals surface area contributed by atoms with Gasteiger partial charge in [-0.3, -0.25) is 0 Å². The molecule has 0 aliphatic rings. The van der Waals surface area contributed by atoms with Crippen LogP contribution in [-0.2, 0) is 6.42 Å². The maximum atomic E-state index is 6.20. The monoisotopic (exact) mass is 564 g/mol. The van der Waals surface area contributed by atoms with Crippen molar-refractivity contribution in [2.24, 2.45) is 0 Å². The molecule has 0 unspecified atom stereocenters. The van der Waals surface area contributed by atoms with Crippen LogP contribution < -0.4 is 4.90 Å². The van der Waals surface area contributed by atoms with Gasteiger partial charge in [0.1, 0.15) is 0 Å². The minimum absolute atomic E-state index is 0.715. The molecule has 0 aliphatic heterocycles. The largest absolute Gasteiger partial charge is 0.311 e. The van der Waals surface area contributed by atoms with Crippen molar-refractivity contribution >= 4 is 28.7 Å². The number of halogens is 1. The van der Waals surface area contributed by atoms with E-state index in [1.807, 2.05) is 24.3 Å². The van der Waals surface area contributed by atoms with Crippen molar-refractivity contribution < 1.29 is 0 Å². The summed E-state index contributed by atoms with van der Waals surface area (Å²) >= 11 is 6.20. The highest BCUT2D eigenvalue weighted by Crippen LogP contribution is 2.37. The number of benzene rings is 5. The Morgan fingerprint density at radius 2 is 0.905 bits per heavy atom. The summed E-state index contributed by atoms with van der Waals surface area (Å²) in [4.78, 5) is 7.37. The molecule has 0 saturated carbocycles. The van der Waals surface area contributed by atoms with Crippen LogP contribution in [0.4, 0.5) is 17.1 Å². The van der Waals surface area contributed by atoms with Crippen LogP contribution in [0.3, 0.4) is 0 Å². The van der Waals surface area contributed by atoms with E-state index in [0.717, 1.165) is 57.1 Å². The number of aromatic nitrogens is 1. The van der Waals surface area contributed by atoms with Gasteiger partial charge in [-0.25, -0.2) is 4.98 Å². The molecule has 0 N–H and O–H groups in total. The zero-order chi connectivity index (χ0) is 29.1. The van der Waals surface area contributed by atoms with Gasteiger partial charge in [-0.2, -0.15) is 0 Å². The quantitative estimate of drug-likeness (QED) is 0.192. The van der Waals surface area contributed by atoms with Crippen molar-refractivity contribution in [1.29, 1.82) is 0 Å². The van der Waals surface area contributed by atoms with Gasteiger partial charge < -0.3 is 4.90 Å². The molecule has 0 fully saturated rings. The molecular weight excluding hydrogens is 532 g/mol. The lowest BCUT2D eigenvalue weighted by atomic mass is 9.99. The highest BCUT2D eigenvalue weighted by Gasteiger charge is 2.14. The summed E-state index contributed by atoms with van der Waals surface area (Å²) in [5.41, 5.74) is 13.4. The van der Waals surface area contributed by atoms with Gasteiger partial charge in [0.05, 0.1) is 11.4 Å². The van der Waals surface area contributed by atoms with Crippen LogP contribution in [0.2, 0.25) is 5.02 Å². The zero-order valence-corrected chi connectivity index (χ0v) is 24.9. The van der Waals surface area contributed by atoms with Gasteiger partial charge in [-0.15, -0.1) is 0 Å². The Labute approximate surface area is 253 Å². The first-order valence-corrected chi connectivity index (χ1v) is 14.8. The van der Waals surface area contributed by atoms with E-state index in [9.17, 15) is 0 Å². The first kappa shape index (κ1) is 27.5. The molecule has 0 radical (unpaired) electrons. The summed E-state index contributed by atoms with van der Waals surface area (Å²) in [5.74, 6) is 0. The second kappa shape index (κ2) is 12.1. The molecule has 1 heterocycles. The summed E-state index contributed by atoms with van der Waals surface area (Å²) in [7, 11) is 0. The van der Waals surface area contributed by atoms with Crippen molar-refractivity contribution in [2.45, 2.75) is 27.2 Å². The number of hydrogen-bond acceptors (Lipinski definition) is 2. The average Bonchev–Trinajstić information content (AvgIpc) is 3.03. The molecule has 2 nitrogen and oxygen atoms in total. The van der Waals surface area contributed by atoms with E-state index in [4.69, 9.17) is 16.6 Å². The highest BCUT2D eigenvalue weighted by atomic mass is 35.5. The van der Waals surface area contributed by atoms with Crippen molar-refractivity contribution in [2.75, 3.05) is 4.90 Å². The molecule has 0 spiro atoms. The van der Waals surface area contributed by atoms with Gasteiger partial charge in [-0.05, 0) is 97.6 Å². The summed E-state index contributed by atoms with van der Waals surface area (Å²) in [6.45, 7) is 6.41. The Bertz CT molecular complexity index is 1740. The predicted octanol–water partition coefficient (Wildman–Crippen LogP) is 11.4. The average molecular weight is 565 g/mol. The SMILES string of the molecule is CCc1ccc(-c2cc(-c3ccc(N(c4ccc(C)cc4)c4ccc(C)cc4)cc3)cc(-c3ccc(Cl)cc3)n2)cc1. The van der Waals surface area contributed by atoms with Crippen LogP contribution in [0, 0.1) is 13.8 Å². The molecule has 5 aromatic carbocycles. The molecule has 206 valence electrons. The van der Waals surface area contributed by atoms with E-state index < -0.39 is 0 Å². The fourth-order valence-corrected chi connectivity index (χ4v) is 5.29. The summed E-state index contributed by atoms with van der Waals surface area (Å²) < 4.78 is 0. The van der Waals surface area contributed by atoms with E-state index in [0.29, 0.717) is 5.02 Å². The Morgan fingerprint density at radius 1 is 0.500 bits per heavy atom. The number of pyridine rings is 1. The van der Waals surface area contributed by atoms with E-state index in [-0.39, 0.29) is 0 Å². The van der Waals surface area contributed by atoms with Gasteiger partial charge in [0, 0.05) is 33.2 Å². The normalized spacial score (nSPS) is 11.0. The topological polar surface area (TPSA) is 16.1 Å². The molecule has 0 atom stereocenters. The molecule has 3 heteroatoms. The second-order valence-corrected chi connectivity index (χ2v) is 11.2. The maximum Gasteiger partial charge on any atom is 0.0715 e. The van der Waals surface area contributed by atoms with Crippen molar-refractivity contribution in [3.63, 3.8) is 0 Å². The van der Waals surface area contributed by atoms with Gasteiger partial charge in [0.2, 0.25) is 0 Å². The summed E-state index contributed by atoms with van der Waals surface area (Å²) in [6, 6.07) is 47.1. The molecule has 6 aromatic rings. The van der Waals surface area contributed by atoms with E-state index in [2.05, 4.69) is 135 Å². The standard InChI is InChI=1S/C39H33ClN2/c1-4-29-9-11-31(12-10-29)38-25-33(26-39(41-38)32-13-17-34(40)18-14-32)30-15-23-37(24-16-30)42(35-19-5-27(2)6-20-35)36-21-7-28(3)8-22-36/h5-26H,4H2,1-3H3. The summed E-state index contributed by atoms with van der Waals surface area (Å²) in [6.07, 6.45) is 1.01. The Morgan fingerprint density at radius 3 is 1.36 bits per heavy atom. The summed E-state index contributed by atoms with van der Waals surface area (Å²) in [5, 5.41) is 0.715. The van der Waals surface area contributed by atoms with E-state index >= 15 is 0 Å². The fourth-order valence-electron chi connectivity index (χ4n) is 5.16. The fraction of sp³-hybridized carbons (Fsp3) is 0.103. The predicted molar refractivity (Wildman–Crippen MR) is 179 cm³/mol. The van der Waals surface area contributed by atoms with Crippen molar-refractivity contribution in [3.8, 4) is 33.6 Å². The van der Waals surface area contributed by atoms with Gasteiger partial charge >= 0.3 is 0 Å². The van der Waals surface area contributed by atoms with Crippen LogP contribution in [0.5, 0.6) is 0 Å². The van der Waals surface area contributed by atoms with Crippen molar-refractivity contribution in [1.82, 2.24) is 4.98 Å². The number of anilines is 3. The third-order valence-electron chi connectivity index (χ3n) is 7.67. The lowest BCUT2D eigenvalue weighted by Gasteiger charge is -2.26. The molecule has 0 saturated heterocycles. The Kier molecular flexibility index (Phi) is 7.90. The lowest BCUT2D eigenvalue weighted by molar-refractivity contribution is 1.14. The van der Waals surface area contributed by atoms with Crippen LogP contribution in [-0.4, -0.2) is 4.98 Å². The van der Waals surface area contributed by atoms with Gasteiger partial charge in [-0.1, -0.05) is 102 Å².